The van der Waals surface area contributed by atoms with Gasteiger partial charge in [-0.1, -0.05) is 12.2 Å². The number of allylic oxidation sites excluding steroid dienone is 2. The third-order valence-electron chi connectivity index (χ3n) is 5.63. The Morgan fingerprint density at radius 2 is 2.00 bits per heavy atom. The Balaban J connectivity index is 1.97. The van der Waals surface area contributed by atoms with Crippen LogP contribution < -0.4 is 4.74 Å². The third kappa shape index (κ3) is 3.48. The van der Waals surface area contributed by atoms with Crippen molar-refractivity contribution in [3.05, 3.63) is 47.7 Å². The second kappa shape index (κ2) is 7.18. The van der Waals surface area contributed by atoms with Crippen LogP contribution in [0.25, 0.3) is 16.6 Å². The number of hydrogen-bond acceptors (Lipinski definition) is 3. The first-order valence-electron chi connectivity index (χ1n) is 9.78. The van der Waals surface area contributed by atoms with Gasteiger partial charge in [0.05, 0.1) is 22.5 Å². The van der Waals surface area contributed by atoms with Crippen LogP contribution in [-0.2, 0) is 0 Å². The number of benzene rings is 1. The molecule has 4 rings (SSSR count). The van der Waals surface area contributed by atoms with Crippen molar-refractivity contribution in [3.8, 4) is 11.8 Å². The minimum Gasteiger partial charge on any atom is -0.406 e. The zero-order chi connectivity index (χ0) is 20.8. The van der Waals surface area contributed by atoms with Crippen LogP contribution in [0.1, 0.15) is 50.4 Å². The van der Waals surface area contributed by atoms with Gasteiger partial charge in [-0.25, -0.2) is 0 Å². The van der Waals surface area contributed by atoms with Crippen LogP contribution in [0.5, 0.6) is 5.75 Å². The number of alkyl halides is 3. The number of halogens is 3. The smallest absolute Gasteiger partial charge is 0.406 e. The number of aromatic nitrogens is 1. The van der Waals surface area contributed by atoms with Gasteiger partial charge in [0, 0.05) is 30.1 Å². The molecule has 0 atom stereocenters. The van der Waals surface area contributed by atoms with E-state index in [4.69, 9.17) is 0 Å². The molecule has 0 spiro atoms. The summed E-state index contributed by atoms with van der Waals surface area (Å²) in [6, 6.07) is 6.94. The lowest BCUT2D eigenvalue weighted by Crippen LogP contribution is -2.32. The number of fused-ring (bicyclic) bond motifs is 1. The molecular weight excluding hydrogens is 379 g/mol. The van der Waals surface area contributed by atoms with Crippen LogP contribution in [0.15, 0.2) is 36.4 Å². The molecule has 1 aliphatic carbocycles. The van der Waals surface area contributed by atoms with Gasteiger partial charge in [0.15, 0.2) is 0 Å². The average molecular weight is 401 g/mol. The second-order valence-corrected chi connectivity index (χ2v) is 7.74. The van der Waals surface area contributed by atoms with Gasteiger partial charge in [-0.15, -0.1) is 13.2 Å². The Hall–Kier alpha value is -2.88. The van der Waals surface area contributed by atoms with E-state index in [0.29, 0.717) is 16.5 Å². The fraction of sp³-hybridized carbons (Fsp3) is 0.409. The van der Waals surface area contributed by atoms with Crippen molar-refractivity contribution in [2.45, 2.75) is 51.6 Å². The van der Waals surface area contributed by atoms with E-state index in [9.17, 15) is 18.4 Å². The maximum Gasteiger partial charge on any atom is 0.573 e. The van der Waals surface area contributed by atoms with Gasteiger partial charge < -0.3 is 14.2 Å². The first kappa shape index (κ1) is 19.4. The Morgan fingerprint density at radius 1 is 1.24 bits per heavy atom. The van der Waals surface area contributed by atoms with E-state index in [1.807, 2.05) is 12.2 Å². The summed E-state index contributed by atoms with van der Waals surface area (Å²) in [5.41, 5.74) is 2.83. The molecule has 0 saturated heterocycles. The molecule has 1 fully saturated rings. The highest BCUT2D eigenvalue weighted by atomic mass is 19.4. The molecule has 1 aromatic heterocycles. The van der Waals surface area contributed by atoms with Crippen molar-refractivity contribution < 1.29 is 17.9 Å². The quantitative estimate of drug-likeness (QED) is 0.654. The van der Waals surface area contributed by atoms with E-state index in [2.05, 4.69) is 40.2 Å². The third-order valence-corrected chi connectivity index (χ3v) is 5.63. The summed E-state index contributed by atoms with van der Waals surface area (Å²) in [5, 5.41) is 10.6. The van der Waals surface area contributed by atoms with Crippen LogP contribution in [0, 0.1) is 11.3 Å². The van der Waals surface area contributed by atoms with Crippen LogP contribution in [-0.4, -0.2) is 28.4 Å². The highest BCUT2D eigenvalue weighted by Gasteiger charge is 2.33. The Labute approximate surface area is 167 Å². The molecule has 29 heavy (non-hydrogen) atoms. The van der Waals surface area contributed by atoms with Gasteiger partial charge >= 0.3 is 6.36 Å². The van der Waals surface area contributed by atoms with Gasteiger partial charge in [-0.2, -0.15) is 5.26 Å². The zero-order valence-corrected chi connectivity index (χ0v) is 16.3. The van der Waals surface area contributed by atoms with Crippen molar-refractivity contribution in [1.82, 2.24) is 9.47 Å². The lowest BCUT2D eigenvalue weighted by Gasteiger charge is -2.36. The fourth-order valence-electron chi connectivity index (χ4n) is 4.11. The summed E-state index contributed by atoms with van der Waals surface area (Å²) < 4.78 is 44.5. The molecule has 7 heteroatoms. The van der Waals surface area contributed by atoms with Crippen molar-refractivity contribution >= 4 is 16.6 Å². The van der Waals surface area contributed by atoms with Crippen LogP contribution in [0.2, 0.25) is 0 Å². The molecule has 1 aromatic carbocycles. The highest BCUT2D eigenvalue weighted by Crippen LogP contribution is 2.43. The summed E-state index contributed by atoms with van der Waals surface area (Å²) in [6.45, 7) is 4.90. The molecule has 2 aromatic rings. The molecule has 0 radical (unpaired) electrons. The van der Waals surface area contributed by atoms with Gasteiger partial charge in [-0.3, -0.25) is 0 Å². The van der Waals surface area contributed by atoms with Crippen molar-refractivity contribution in [2.75, 3.05) is 6.54 Å². The topological polar surface area (TPSA) is 41.2 Å². The zero-order valence-electron chi connectivity index (χ0n) is 16.3. The number of rotatable bonds is 4. The molecule has 1 saturated carbocycles. The van der Waals surface area contributed by atoms with Crippen LogP contribution >= 0.6 is 0 Å². The molecular formula is C22H22F3N3O. The monoisotopic (exact) mass is 401 g/mol. The maximum absolute atomic E-state index is 12.8. The molecule has 0 amide bonds. The summed E-state index contributed by atoms with van der Waals surface area (Å²) >= 11 is 0. The normalized spacial score (nSPS) is 17.4. The van der Waals surface area contributed by atoms with Gasteiger partial charge in [-0.05, 0) is 51.3 Å². The van der Waals surface area contributed by atoms with E-state index in [0.717, 1.165) is 37.2 Å². The average Bonchev–Trinajstić information content (AvgIpc) is 2.92. The van der Waals surface area contributed by atoms with E-state index in [1.165, 1.54) is 12.1 Å². The Kier molecular flexibility index (Phi) is 4.81. The highest BCUT2D eigenvalue weighted by molar-refractivity contribution is 5.94. The molecule has 0 unspecified atom stereocenters. The number of nitriles is 1. The van der Waals surface area contributed by atoms with Gasteiger partial charge in [0.1, 0.15) is 11.8 Å². The van der Waals surface area contributed by atoms with E-state index >= 15 is 0 Å². The van der Waals surface area contributed by atoms with E-state index in [1.54, 1.807) is 6.07 Å². The second-order valence-electron chi connectivity index (χ2n) is 7.74. The summed E-state index contributed by atoms with van der Waals surface area (Å²) in [7, 11) is 0. The number of hydrogen-bond donors (Lipinski definition) is 0. The predicted molar refractivity (Wildman–Crippen MR) is 105 cm³/mol. The molecule has 2 heterocycles. The largest absolute Gasteiger partial charge is 0.573 e. The molecule has 0 bridgehead atoms. The van der Waals surface area contributed by atoms with Crippen molar-refractivity contribution in [2.24, 2.45) is 0 Å². The molecule has 152 valence electrons. The molecule has 2 aliphatic rings. The van der Waals surface area contributed by atoms with Crippen LogP contribution in [0.3, 0.4) is 0 Å². The van der Waals surface area contributed by atoms with Gasteiger partial charge in [0.2, 0.25) is 0 Å². The Morgan fingerprint density at radius 3 is 2.59 bits per heavy atom. The first-order valence-corrected chi connectivity index (χ1v) is 9.78. The Bertz CT molecular complexity index is 1040. The van der Waals surface area contributed by atoms with Crippen LogP contribution in [0.4, 0.5) is 13.2 Å². The summed E-state index contributed by atoms with van der Waals surface area (Å²) in [5.74, 6) is -0.266. The van der Waals surface area contributed by atoms with E-state index < -0.39 is 6.36 Å². The lowest BCUT2D eigenvalue weighted by atomic mass is 9.92. The minimum absolute atomic E-state index is 0.163. The number of ether oxygens (including phenoxy) is 1. The fourth-order valence-corrected chi connectivity index (χ4v) is 4.11. The summed E-state index contributed by atoms with van der Waals surface area (Å²) in [4.78, 5) is 2.21. The summed E-state index contributed by atoms with van der Waals surface area (Å²) in [6.07, 6.45) is 4.21. The lowest BCUT2D eigenvalue weighted by molar-refractivity contribution is -0.274. The number of nitrogens with zero attached hydrogens (tertiary/aromatic N) is 3. The molecule has 4 nitrogen and oxygen atoms in total. The van der Waals surface area contributed by atoms with E-state index in [-0.39, 0.29) is 17.8 Å². The van der Waals surface area contributed by atoms with Crippen molar-refractivity contribution in [3.63, 3.8) is 0 Å². The molecule has 0 N–H and O–H groups in total. The predicted octanol–water partition coefficient (Wildman–Crippen LogP) is 5.76. The SMILES string of the molecule is CC(C)N1CC=CC=C1c1c(C#N)c2ccc(OC(F)(F)F)cc2n1C1CCC1. The van der Waals surface area contributed by atoms with Crippen molar-refractivity contribution in [1.29, 1.82) is 5.26 Å². The standard InChI is InChI=1S/C22H22F3N3O/c1-14(2)27-11-4-3-8-19(27)21-18(13-26)17-10-9-16(29-22(23,24)25)12-20(17)28(21)15-6-5-7-15/h3-4,8-10,12,14-15H,5-7,11H2,1-2H3. The molecule has 1 aliphatic heterocycles. The minimum atomic E-state index is -4.76. The van der Waals surface area contributed by atoms with Gasteiger partial charge in [0.25, 0.3) is 0 Å². The first-order chi connectivity index (χ1) is 13.8. The maximum atomic E-state index is 12.8.